The summed E-state index contributed by atoms with van der Waals surface area (Å²) in [7, 11) is 0. The predicted molar refractivity (Wildman–Crippen MR) is 110 cm³/mol. The molecule has 1 atom stereocenters. The maximum Gasteiger partial charge on any atom is 0.0458 e. The molecule has 2 fully saturated rings. The molecule has 1 saturated heterocycles. The number of hydrogen-bond acceptors (Lipinski definition) is 2. The Morgan fingerprint density at radius 3 is 2.50 bits per heavy atom. The Morgan fingerprint density at radius 1 is 1.08 bits per heavy atom. The third-order valence-electron chi connectivity index (χ3n) is 5.39. The number of aromatic nitrogens is 1. The van der Waals surface area contributed by atoms with Gasteiger partial charge in [-0.1, -0.05) is 28.8 Å². The summed E-state index contributed by atoms with van der Waals surface area (Å²) in [5, 5.41) is 4.89. The van der Waals surface area contributed by atoms with Crippen LogP contribution in [-0.4, -0.2) is 36.1 Å². The van der Waals surface area contributed by atoms with Gasteiger partial charge in [0.1, 0.15) is 0 Å². The summed E-state index contributed by atoms with van der Waals surface area (Å²) in [5.41, 5.74) is 2.77. The van der Waals surface area contributed by atoms with Gasteiger partial charge in [-0.05, 0) is 42.5 Å². The van der Waals surface area contributed by atoms with Crippen LogP contribution in [0.2, 0.25) is 0 Å². The quantitative estimate of drug-likeness (QED) is 0.718. The topological polar surface area (TPSA) is 31.1 Å². The standard InChI is InChI=1S/C18H24BrN3.2ClH/c19-14-5-6-17-15(11-14)16(12-21-17)18(13-3-1-2-4-13)22-9-7-20-8-10-22;;/h5-6,11-13,18,20-21H,1-4,7-10H2;2*1H/t18-;;/m1../s1. The molecule has 0 amide bonds. The van der Waals surface area contributed by atoms with Gasteiger partial charge in [0.05, 0.1) is 0 Å². The first-order valence-corrected chi connectivity index (χ1v) is 9.33. The van der Waals surface area contributed by atoms with E-state index in [2.05, 4.69) is 55.5 Å². The number of piperazine rings is 1. The Kier molecular flexibility index (Phi) is 7.44. The minimum atomic E-state index is 0. The molecule has 24 heavy (non-hydrogen) atoms. The van der Waals surface area contributed by atoms with E-state index in [4.69, 9.17) is 0 Å². The van der Waals surface area contributed by atoms with Crippen molar-refractivity contribution in [3.8, 4) is 0 Å². The largest absolute Gasteiger partial charge is 0.361 e. The highest BCUT2D eigenvalue weighted by Gasteiger charge is 2.33. The lowest BCUT2D eigenvalue weighted by molar-refractivity contribution is 0.126. The van der Waals surface area contributed by atoms with Crippen molar-refractivity contribution in [1.82, 2.24) is 15.2 Å². The fourth-order valence-corrected chi connectivity index (χ4v) is 4.70. The average Bonchev–Trinajstić information content (AvgIpc) is 3.20. The molecular weight excluding hydrogens is 409 g/mol. The molecule has 2 aromatic rings. The molecule has 1 saturated carbocycles. The molecule has 0 radical (unpaired) electrons. The van der Waals surface area contributed by atoms with Gasteiger partial charge in [0, 0.05) is 53.8 Å². The van der Waals surface area contributed by atoms with Crippen molar-refractivity contribution in [3.63, 3.8) is 0 Å². The fraction of sp³-hybridized carbons (Fsp3) is 0.556. The Labute approximate surface area is 164 Å². The van der Waals surface area contributed by atoms with Crippen LogP contribution in [0.1, 0.15) is 37.3 Å². The number of aromatic amines is 1. The average molecular weight is 435 g/mol. The van der Waals surface area contributed by atoms with Gasteiger partial charge >= 0.3 is 0 Å². The maximum absolute atomic E-state index is 3.64. The SMILES string of the molecule is Brc1ccc2[nH]cc([C@@H](C3CCCC3)N3CCNCC3)c2c1.Cl.Cl. The van der Waals surface area contributed by atoms with E-state index in [0.717, 1.165) is 19.0 Å². The third kappa shape index (κ3) is 3.94. The molecule has 1 aliphatic carbocycles. The van der Waals surface area contributed by atoms with Gasteiger partial charge < -0.3 is 10.3 Å². The van der Waals surface area contributed by atoms with Gasteiger partial charge in [0.15, 0.2) is 0 Å². The number of nitrogens with zero attached hydrogens (tertiary/aromatic N) is 1. The zero-order valence-electron chi connectivity index (χ0n) is 13.8. The summed E-state index contributed by atoms with van der Waals surface area (Å²) in [6, 6.07) is 7.17. The monoisotopic (exact) mass is 433 g/mol. The summed E-state index contributed by atoms with van der Waals surface area (Å²) in [6.45, 7) is 4.58. The van der Waals surface area contributed by atoms with Crippen LogP contribution >= 0.6 is 40.7 Å². The van der Waals surface area contributed by atoms with Gasteiger partial charge in [0.25, 0.3) is 0 Å². The van der Waals surface area contributed by atoms with Crippen LogP contribution in [0.5, 0.6) is 0 Å². The van der Waals surface area contributed by atoms with Gasteiger partial charge in [-0.3, -0.25) is 4.90 Å². The van der Waals surface area contributed by atoms with E-state index < -0.39 is 0 Å². The van der Waals surface area contributed by atoms with Crippen LogP contribution in [0.25, 0.3) is 10.9 Å². The molecule has 1 aromatic carbocycles. The molecule has 6 heteroatoms. The van der Waals surface area contributed by atoms with Crippen LogP contribution < -0.4 is 5.32 Å². The Morgan fingerprint density at radius 2 is 1.79 bits per heavy atom. The first-order chi connectivity index (χ1) is 10.8. The minimum Gasteiger partial charge on any atom is -0.361 e. The van der Waals surface area contributed by atoms with E-state index in [-0.39, 0.29) is 24.8 Å². The summed E-state index contributed by atoms with van der Waals surface area (Å²) >= 11 is 3.64. The summed E-state index contributed by atoms with van der Waals surface area (Å²) < 4.78 is 1.17. The lowest BCUT2D eigenvalue weighted by Gasteiger charge is -2.38. The number of H-pyrrole nitrogens is 1. The lowest BCUT2D eigenvalue weighted by Crippen LogP contribution is -2.46. The fourth-order valence-electron chi connectivity index (χ4n) is 4.34. The second-order valence-corrected chi connectivity index (χ2v) is 7.62. The summed E-state index contributed by atoms with van der Waals surface area (Å²) in [6.07, 6.45) is 7.84. The molecule has 0 unspecified atom stereocenters. The number of fused-ring (bicyclic) bond motifs is 1. The van der Waals surface area contributed by atoms with Gasteiger partial charge in [-0.25, -0.2) is 0 Å². The van der Waals surface area contributed by atoms with E-state index >= 15 is 0 Å². The van der Waals surface area contributed by atoms with Gasteiger partial charge in [-0.2, -0.15) is 0 Å². The molecule has 4 rings (SSSR count). The van der Waals surface area contributed by atoms with Crippen LogP contribution in [0.3, 0.4) is 0 Å². The summed E-state index contributed by atoms with van der Waals surface area (Å²) in [4.78, 5) is 6.21. The van der Waals surface area contributed by atoms with Gasteiger partial charge in [0.2, 0.25) is 0 Å². The van der Waals surface area contributed by atoms with Crippen LogP contribution in [0.4, 0.5) is 0 Å². The lowest BCUT2D eigenvalue weighted by atomic mass is 9.89. The molecule has 2 heterocycles. The van der Waals surface area contributed by atoms with Crippen molar-refractivity contribution in [2.75, 3.05) is 26.2 Å². The number of rotatable bonds is 3. The Bertz CT molecular complexity index is 649. The van der Waals surface area contributed by atoms with E-state index in [0.29, 0.717) is 6.04 Å². The van der Waals surface area contributed by atoms with Crippen molar-refractivity contribution in [2.24, 2.45) is 5.92 Å². The van der Waals surface area contributed by atoms with Crippen molar-refractivity contribution in [2.45, 2.75) is 31.7 Å². The van der Waals surface area contributed by atoms with Gasteiger partial charge in [-0.15, -0.1) is 24.8 Å². The van der Waals surface area contributed by atoms with E-state index in [1.807, 2.05) is 0 Å². The van der Waals surface area contributed by atoms with Crippen molar-refractivity contribution in [1.29, 1.82) is 0 Å². The van der Waals surface area contributed by atoms with Crippen LogP contribution in [0, 0.1) is 5.92 Å². The van der Waals surface area contributed by atoms with Crippen molar-refractivity contribution in [3.05, 3.63) is 34.4 Å². The predicted octanol–water partition coefficient (Wildman–Crippen LogP) is 4.91. The van der Waals surface area contributed by atoms with Crippen molar-refractivity contribution >= 4 is 51.6 Å². The van der Waals surface area contributed by atoms with E-state index in [1.54, 1.807) is 0 Å². The number of benzene rings is 1. The third-order valence-corrected chi connectivity index (χ3v) is 5.88. The molecule has 1 aromatic heterocycles. The van der Waals surface area contributed by atoms with Crippen LogP contribution in [-0.2, 0) is 0 Å². The molecule has 0 spiro atoms. The number of halogens is 3. The maximum atomic E-state index is 3.64. The van der Waals surface area contributed by atoms with Crippen LogP contribution in [0.15, 0.2) is 28.9 Å². The molecule has 0 bridgehead atoms. The zero-order valence-corrected chi connectivity index (χ0v) is 17.0. The normalized spacial score (nSPS) is 20.5. The number of nitrogens with one attached hydrogen (secondary N) is 2. The first kappa shape index (κ1) is 20.1. The van der Waals surface area contributed by atoms with Crippen molar-refractivity contribution < 1.29 is 0 Å². The number of hydrogen-bond donors (Lipinski definition) is 2. The van der Waals surface area contributed by atoms with E-state index in [1.165, 1.54) is 59.7 Å². The second kappa shape index (κ2) is 8.91. The molecule has 134 valence electrons. The highest BCUT2D eigenvalue weighted by molar-refractivity contribution is 9.10. The summed E-state index contributed by atoms with van der Waals surface area (Å²) in [5.74, 6) is 0.816. The minimum absolute atomic E-state index is 0. The molecular formula is C18H26BrCl2N3. The molecule has 2 N–H and O–H groups in total. The molecule has 1 aliphatic heterocycles. The highest BCUT2D eigenvalue weighted by atomic mass is 79.9. The zero-order chi connectivity index (χ0) is 14.9. The second-order valence-electron chi connectivity index (χ2n) is 6.71. The van der Waals surface area contributed by atoms with E-state index in [9.17, 15) is 0 Å². The highest BCUT2D eigenvalue weighted by Crippen LogP contribution is 2.42. The Hall–Kier alpha value is -0.260. The Balaban J connectivity index is 0.00000104. The first-order valence-electron chi connectivity index (χ1n) is 8.54. The molecule has 3 nitrogen and oxygen atoms in total. The smallest absolute Gasteiger partial charge is 0.0458 e. The molecule has 2 aliphatic rings.